The quantitative estimate of drug-likeness (QED) is 0.758. The van der Waals surface area contributed by atoms with E-state index in [2.05, 4.69) is 9.84 Å². The number of hydrogen-bond acceptors (Lipinski definition) is 6. The lowest BCUT2D eigenvalue weighted by molar-refractivity contribution is -0.0600. The van der Waals surface area contributed by atoms with E-state index in [0.29, 0.717) is 11.3 Å². The maximum absolute atomic E-state index is 13.3. The number of hydrazone groups is 1. The first-order valence-electron chi connectivity index (χ1n) is 8.90. The molecular formula is C19H18F3N3O4S. The first-order valence-corrected chi connectivity index (χ1v) is 10.4. The monoisotopic (exact) mass is 441 g/mol. The van der Waals surface area contributed by atoms with E-state index in [1.165, 1.54) is 36.2 Å². The van der Waals surface area contributed by atoms with E-state index in [0.717, 1.165) is 0 Å². The van der Waals surface area contributed by atoms with Crippen molar-refractivity contribution in [1.29, 1.82) is 0 Å². The minimum atomic E-state index is -4.57. The number of nitrogens with one attached hydrogen (secondary N) is 1. The van der Waals surface area contributed by atoms with Gasteiger partial charge in [0.2, 0.25) is 0 Å². The van der Waals surface area contributed by atoms with Crippen LogP contribution in [0.2, 0.25) is 0 Å². The van der Waals surface area contributed by atoms with Crippen LogP contribution >= 0.6 is 0 Å². The van der Waals surface area contributed by atoms with E-state index in [-0.39, 0.29) is 17.9 Å². The molecule has 0 spiro atoms. The molecule has 0 bridgehead atoms. The Balaban J connectivity index is 1.88. The zero-order chi connectivity index (χ0) is 21.9. The van der Waals surface area contributed by atoms with Gasteiger partial charge in [-0.05, 0) is 36.8 Å². The fraction of sp³-hybridized carbons (Fsp3) is 0.263. The van der Waals surface area contributed by atoms with Crippen molar-refractivity contribution >= 4 is 27.5 Å². The van der Waals surface area contributed by atoms with Crippen LogP contribution in [0, 0.1) is 0 Å². The van der Waals surface area contributed by atoms with Crippen LogP contribution in [-0.2, 0) is 14.8 Å². The third kappa shape index (κ3) is 4.73. The average molecular weight is 441 g/mol. The van der Waals surface area contributed by atoms with Crippen molar-refractivity contribution < 1.29 is 31.1 Å². The van der Waals surface area contributed by atoms with E-state index in [4.69, 9.17) is 0 Å². The molecule has 160 valence electrons. The van der Waals surface area contributed by atoms with Crippen LogP contribution in [-0.4, -0.2) is 33.0 Å². The fourth-order valence-corrected chi connectivity index (χ4v) is 3.85. The van der Waals surface area contributed by atoms with Crippen LogP contribution in [0.25, 0.3) is 0 Å². The second kappa shape index (κ2) is 8.34. The molecule has 1 heterocycles. The third-order valence-electron chi connectivity index (χ3n) is 4.33. The molecule has 2 aromatic rings. The van der Waals surface area contributed by atoms with Crippen LogP contribution in [0.1, 0.15) is 24.9 Å². The smallest absolute Gasteiger partial charge is 0.431 e. The van der Waals surface area contributed by atoms with Gasteiger partial charge in [0.25, 0.3) is 10.0 Å². The molecule has 1 aliphatic rings. The second-order valence-electron chi connectivity index (χ2n) is 6.34. The van der Waals surface area contributed by atoms with Gasteiger partial charge < -0.3 is 4.74 Å². The number of rotatable bonds is 5. The van der Waals surface area contributed by atoms with Crippen molar-refractivity contribution in [3.63, 3.8) is 0 Å². The SMILES string of the molecule is CCOC(=O)NS(=O)(=O)c1ccc(C2CC(C(F)(F)F)=NN2c2ccccc2)cc1. The number of halogens is 3. The van der Waals surface area contributed by atoms with Crippen molar-refractivity contribution in [3.8, 4) is 0 Å². The van der Waals surface area contributed by atoms with Gasteiger partial charge in [-0.1, -0.05) is 30.3 Å². The van der Waals surface area contributed by atoms with Crippen LogP contribution < -0.4 is 9.73 Å². The van der Waals surface area contributed by atoms with Gasteiger partial charge in [0.05, 0.1) is 23.2 Å². The Morgan fingerprint density at radius 3 is 2.37 bits per heavy atom. The Morgan fingerprint density at radius 1 is 1.17 bits per heavy atom. The molecule has 1 N–H and O–H groups in total. The number of hydrogen-bond donors (Lipinski definition) is 1. The van der Waals surface area contributed by atoms with Gasteiger partial charge in [0.1, 0.15) is 5.71 Å². The summed E-state index contributed by atoms with van der Waals surface area (Å²) in [5.41, 5.74) is -0.00334. The van der Waals surface area contributed by atoms with E-state index < -0.39 is 34.0 Å². The zero-order valence-corrected chi connectivity index (χ0v) is 16.6. The molecular weight excluding hydrogens is 423 g/mol. The highest BCUT2D eigenvalue weighted by molar-refractivity contribution is 7.90. The molecule has 1 unspecified atom stereocenters. The van der Waals surface area contributed by atoms with Crippen molar-refractivity contribution in [2.75, 3.05) is 11.6 Å². The molecule has 0 fully saturated rings. The molecule has 0 saturated carbocycles. The zero-order valence-electron chi connectivity index (χ0n) is 15.8. The van der Waals surface area contributed by atoms with Crippen LogP contribution in [0.5, 0.6) is 0 Å². The second-order valence-corrected chi connectivity index (χ2v) is 8.02. The lowest BCUT2D eigenvalue weighted by atomic mass is 10.0. The molecule has 0 aliphatic carbocycles. The summed E-state index contributed by atoms with van der Waals surface area (Å²) in [6, 6.07) is 12.8. The van der Waals surface area contributed by atoms with Crippen molar-refractivity contribution in [1.82, 2.24) is 4.72 Å². The van der Waals surface area contributed by atoms with Gasteiger partial charge in [-0.3, -0.25) is 5.01 Å². The minimum Gasteiger partial charge on any atom is -0.449 e. The summed E-state index contributed by atoms with van der Waals surface area (Å²) in [6.45, 7) is 1.52. The summed E-state index contributed by atoms with van der Waals surface area (Å²) in [6.07, 6.45) is -6.07. The number of amides is 1. The number of nitrogens with zero attached hydrogens (tertiary/aromatic N) is 2. The normalized spacial score (nSPS) is 16.9. The number of alkyl halides is 3. The maximum Gasteiger partial charge on any atom is 0.431 e. The molecule has 0 radical (unpaired) electrons. The van der Waals surface area contributed by atoms with Crippen LogP contribution in [0.3, 0.4) is 0 Å². The Kier molecular flexibility index (Phi) is 6.01. The summed E-state index contributed by atoms with van der Waals surface area (Å²) in [4.78, 5) is 11.2. The lowest BCUT2D eigenvalue weighted by Gasteiger charge is -2.24. The molecule has 3 rings (SSSR count). The Hall–Kier alpha value is -3.08. The van der Waals surface area contributed by atoms with Gasteiger partial charge >= 0.3 is 12.3 Å². The van der Waals surface area contributed by atoms with E-state index in [1.54, 1.807) is 35.1 Å². The van der Waals surface area contributed by atoms with E-state index in [9.17, 15) is 26.4 Å². The standard InChI is InChI=1S/C19H18F3N3O4S/c1-2-29-18(26)24-30(27,28)15-10-8-13(9-11-15)16-12-17(19(20,21)22)23-25(16)14-6-4-3-5-7-14/h3-11,16H,2,12H2,1H3,(H,24,26). The van der Waals surface area contributed by atoms with Crippen molar-refractivity contribution in [2.24, 2.45) is 5.10 Å². The summed E-state index contributed by atoms with van der Waals surface area (Å²) in [5, 5.41) is 5.02. The number of carbonyl (C=O) groups excluding carboxylic acids is 1. The summed E-state index contributed by atoms with van der Waals surface area (Å²) in [5.74, 6) is 0. The van der Waals surface area contributed by atoms with E-state index >= 15 is 0 Å². The van der Waals surface area contributed by atoms with E-state index in [1.807, 2.05) is 0 Å². The van der Waals surface area contributed by atoms with Gasteiger partial charge in [-0.25, -0.2) is 17.9 Å². The van der Waals surface area contributed by atoms with Gasteiger partial charge in [-0.15, -0.1) is 0 Å². The lowest BCUT2D eigenvalue weighted by Crippen LogP contribution is -2.31. The predicted octanol–water partition coefficient (Wildman–Crippen LogP) is 3.99. The first-order chi connectivity index (χ1) is 14.1. The molecule has 30 heavy (non-hydrogen) atoms. The highest BCUT2D eigenvalue weighted by Crippen LogP contribution is 2.39. The maximum atomic E-state index is 13.3. The van der Waals surface area contributed by atoms with Gasteiger partial charge in [0.15, 0.2) is 0 Å². The minimum absolute atomic E-state index is 0.00116. The first kappa shape index (κ1) is 21.6. The molecule has 0 aromatic heterocycles. The topological polar surface area (TPSA) is 88.1 Å². The van der Waals surface area contributed by atoms with Crippen LogP contribution in [0.4, 0.5) is 23.7 Å². The number of para-hydroxylation sites is 1. The van der Waals surface area contributed by atoms with Gasteiger partial charge in [-0.2, -0.15) is 18.3 Å². The highest BCUT2D eigenvalue weighted by Gasteiger charge is 2.43. The Morgan fingerprint density at radius 2 is 1.80 bits per heavy atom. The number of sulfonamides is 1. The fourth-order valence-electron chi connectivity index (χ4n) is 2.96. The Labute approximate surface area is 171 Å². The average Bonchev–Trinajstić information content (AvgIpc) is 3.14. The highest BCUT2D eigenvalue weighted by atomic mass is 32.2. The summed E-state index contributed by atoms with van der Waals surface area (Å²) in [7, 11) is -4.17. The third-order valence-corrected chi connectivity index (χ3v) is 5.65. The Bertz CT molecular complexity index is 1040. The molecule has 11 heteroatoms. The molecule has 2 aromatic carbocycles. The molecule has 7 nitrogen and oxygen atoms in total. The largest absolute Gasteiger partial charge is 0.449 e. The number of anilines is 1. The van der Waals surface area contributed by atoms with Crippen molar-refractivity contribution in [3.05, 3.63) is 60.2 Å². The number of ether oxygens (including phenoxy) is 1. The molecule has 1 amide bonds. The molecule has 0 saturated heterocycles. The molecule has 1 atom stereocenters. The van der Waals surface area contributed by atoms with Crippen LogP contribution in [0.15, 0.2) is 64.6 Å². The predicted molar refractivity (Wildman–Crippen MR) is 104 cm³/mol. The summed E-state index contributed by atoms with van der Waals surface area (Å²) < 4.78 is 70.5. The van der Waals surface area contributed by atoms with Gasteiger partial charge in [0, 0.05) is 6.42 Å². The summed E-state index contributed by atoms with van der Waals surface area (Å²) >= 11 is 0. The number of benzene rings is 2. The van der Waals surface area contributed by atoms with Crippen molar-refractivity contribution in [2.45, 2.75) is 30.5 Å². The number of carbonyl (C=O) groups is 1. The molecule has 1 aliphatic heterocycles.